The van der Waals surface area contributed by atoms with Crippen molar-refractivity contribution >= 4 is 0 Å². The normalized spacial score (nSPS) is 9.31. The van der Waals surface area contributed by atoms with E-state index in [4.69, 9.17) is 10.4 Å². The maximum Gasteiger partial charge on any atom is 0.196 e. The lowest BCUT2D eigenvalue weighted by atomic mass is 10.1. The van der Waals surface area contributed by atoms with Crippen molar-refractivity contribution in [3.8, 4) is 17.6 Å². The minimum atomic E-state index is -0.677. The average Bonchev–Trinajstić information content (AvgIpc) is 2.11. The topological polar surface area (TPSA) is 53.2 Å². The predicted octanol–water partition coefficient (Wildman–Crippen LogP) is 1.61. The smallest absolute Gasteiger partial charge is 0.196 e. The van der Waals surface area contributed by atoms with E-state index >= 15 is 0 Å². The number of halogens is 1. The third kappa shape index (κ3) is 1.70. The molecule has 0 aliphatic heterocycles. The SMILES string of the molecule is COc1c(O)ccc(CC#N)c1F. The number of aromatic hydroxyl groups is 1. The molecule has 0 heterocycles. The van der Waals surface area contributed by atoms with Crippen molar-refractivity contribution in [2.45, 2.75) is 6.42 Å². The van der Waals surface area contributed by atoms with Gasteiger partial charge in [0, 0.05) is 5.56 Å². The molecule has 0 atom stereocenters. The lowest BCUT2D eigenvalue weighted by molar-refractivity contribution is 0.349. The number of rotatable bonds is 2. The van der Waals surface area contributed by atoms with Crippen LogP contribution in [0.15, 0.2) is 12.1 Å². The highest BCUT2D eigenvalue weighted by molar-refractivity contribution is 5.44. The molecule has 0 saturated carbocycles. The summed E-state index contributed by atoms with van der Waals surface area (Å²) >= 11 is 0. The van der Waals surface area contributed by atoms with E-state index in [2.05, 4.69) is 4.74 Å². The quantitative estimate of drug-likeness (QED) is 0.754. The van der Waals surface area contributed by atoms with Crippen molar-refractivity contribution in [2.75, 3.05) is 7.11 Å². The molecule has 1 aromatic rings. The van der Waals surface area contributed by atoms with Crippen molar-refractivity contribution in [3.63, 3.8) is 0 Å². The molecule has 0 radical (unpaired) electrons. The molecule has 0 aliphatic carbocycles. The van der Waals surface area contributed by atoms with Crippen molar-refractivity contribution in [3.05, 3.63) is 23.5 Å². The summed E-state index contributed by atoms with van der Waals surface area (Å²) in [7, 11) is 1.26. The molecule has 1 N–H and O–H groups in total. The Morgan fingerprint density at radius 1 is 1.62 bits per heavy atom. The maximum atomic E-state index is 13.3. The fourth-order valence-corrected chi connectivity index (χ4v) is 1.00. The predicted molar refractivity (Wildman–Crippen MR) is 43.9 cm³/mol. The Kier molecular flexibility index (Phi) is 2.70. The lowest BCUT2D eigenvalue weighted by Crippen LogP contribution is -1.94. The van der Waals surface area contributed by atoms with Gasteiger partial charge in [0.1, 0.15) is 0 Å². The van der Waals surface area contributed by atoms with Gasteiger partial charge in [0.25, 0.3) is 0 Å². The van der Waals surface area contributed by atoms with Gasteiger partial charge in [-0.25, -0.2) is 4.39 Å². The molecule has 0 unspecified atom stereocenters. The van der Waals surface area contributed by atoms with Crippen LogP contribution in [-0.4, -0.2) is 12.2 Å². The Bertz CT molecular complexity index is 357. The molecule has 0 amide bonds. The number of ether oxygens (including phenoxy) is 1. The summed E-state index contributed by atoms with van der Waals surface area (Å²) in [5, 5.41) is 17.5. The molecule has 3 nitrogen and oxygen atoms in total. The minimum absolute atomic E-state index is 0.0392. The molecular weight excluding hydrogens is 173 g/mol. The van der Waals surface area contributed by atoms with Crippen molar-refractivity contribution in [2.24, 2.45) is 0 Å². The number of hydrogen-bond acceptors (Lipinski definition) is 3. The minimum Gasteiger partial charge on any atom is -0.504 e. The van der Waals surface area contributed by atoms with E-state index in [1.807, 2.05) is 6.07 Å². The monoisotopic (exact) mass is 181 g/mol. The van der Waals surface area contributed by atoms with E-state index in [-0.39, 0.29) is 23.5 Å². The second kappa shape index (κ2) is 3.76. The van der Waals surface area contributed by atoms with Crippen molar-refractivity contribution < 1.29 is 14.2 Å². The van der Waals surface area contributed by atoms with E-state index in [1.54, 1.807) is 0 Å². The van der Waals surface area contributed by atoms with E-state index in [0.717, 1.165) is 0 Å². The third-order valence-corrected chi connectivity index (χ3v) is 1.63. The molecule has 0 spiro atoms. The van der Waals surface area contributed by atoms with Crippen LogP contribution in [0, 0.1) is 17.1 Å². The molecule has 0 aliphatic rings. The summed E-state index contributed by atoms with van der Waals surface area (Å²) in [6.07, 6.45) is -0.0392. The van der Waals surface area contributed by atoms with E-state index in [0.29, 0.717) is 0 Å². The number of phenolic OH excluding ortho intramolecular Hbond substituents is 1. The van der Waals surface area contributed by atoms with Gasteiger partial charge < -0.3 is 9.84 Å². The standard InChI is InChI=1S/C9H8FNO2/c1-13-9-7(12)3-2-6(4-5-11)8(9)10/h2-3,12H,4H2,1H3. The van der Waals surface area contributed by atoms with Gasteiger partial charge in [-0.2, -0.15) is 5.26 Å². The van der Waals surface area contributed by atoms with Gasteiger partial charge >= 0.3 is 0 Å². The van der Waals surface area contributed by atoms with Crippen molar-refractivity contribution in [1.29, 1.82) is 5.26 Å². The van der Waals surface area contributed by atoms with Crippen LogP contribution in [0.25, 0.3) is 0 Å². The summed E-state index contributed by atoms with van der Waals surface area (Å²) in [5.74, 6) is -1.15. The number of nitrogens with zero attached hydrogens (tertiary/aromatic N) is 1. The van der Waals surface area contributed by atoms with Crippen LogP contribution in [0.5, 0.6) is 11.5 Å². The largest absolute Gasteiger partial charge is 0.504 e. The highest BCUT2D eigenvalue weighted by Gasteiger charge is 2.12. The Morgan fingerprint density at radius 2 is 2.31 bits per heavy atom. The van der Waals surface area contributed by atoms with Crippen molar-refractivity contribution in [1.82, 2.24) is 0 Å². The first-order chi connectivity index (χ1) is 6.20. The Labute approximate surface area is 75.0 Å². The van der Waals surface area contributed by atoms with Gasteiger partial charge in [-0.05, 0) is 6.07 Å². The molecule has 4 heteroatoms. The van der Waals surface area contributed by atoms with Gasteiger partial charge in [-0.15, -0.1) is 0 Å². The van der Waals surface area contributed by atoms with Gasteiger partial charge in [0.2, 0.25) is 0 Å². The van der Waals surface area contributed by atoms with Gasteiger partial charge in [-0.3, -0.25) is 0 Å². The second-order valence-electron chi connectivity index (χ2n) is 2.43. The van der Waals surface area contributed by atoms with Gasteiger partial charge in [0.05, 0.1) is 19.6 Å². The number of methoxy groups -OCH3 is 1. The average molecular weight is 181 g/mol. The number of nitriles is 1. The van der Waals surface area contributed by atoms with Crippen LogP contribution < -0.4 is 4.74 Å². The summed E-state index contributed by atoms with van der Waals surface area (Å²) in [6.45, 7) is 0. The van der Waals surface area contributed by atoms with E-state index in [1.165, 1.54) is 19.2 Å². The first kappa shape index (κ1) is 9.33. The Hall–Kier alpha value is -1.76. The summed E-state index contributed by atoms with van der Waals surface area (Å²) in [5.41, 5.74) is 0.220. The number of benzene rings is 1. The highest BCUT2D eigenvalue weighted by Crippen LogP contribution is 2.30. The first-order valence-electron chi connectivity index (χ1n) is 3.62. The number of hydrogen-bond donors (Lipinski definition) is 1. The molecule has 1 aromatic carbocycles. The fraction of sp³-hybridized carbons (Fsp3) is 0.222. The highest BCUT2D eigenvalue weighted by atomic mass is 19.1. The van der Waals surface area contributed by atoms with E-state index < -0.39 is 5.82 Å². The Morgan fingerprint density at radius 3 is 2.85 bits per heavy atom. The van der Waals surface area contributed by atoms with Crippen LogP contribution in [0.4, 0.5) is 4.39 Å². The zero-order valence-electron chi connectivity index (χ0n) is 7.04. The first-order valence-corrected chi connectivity index (χ1v) is 3.62. The Balaban J connectivity index is 3.21. The van der Waals surface area contributed by atoms with E-state index in [9.17, 15) is 4.39 Å². The van der Waals surface area contributed by atoms with Gasteiger partial charge in [0.15, 0.2) is 17.3 Å². The zero-order valence-corrected chi connectivity index (χ0v) is 7.04. The molecule has 13 heavy (non-hydrogen) atoms. The fourth-order valence-electron chi connectivity index (χ4n) is 1.00. The van der Waals surface area contributed by atoms with Crippen LogP contribution in [0.2, 0.25) is 0 Å². The second-order valence-corrected chi connectivity index (χ2v) is 2.43. The molecular formula is C9H8FNO2. The molecule has 0 fully saturated rings. The molecule has 0 saturated heterocycles. The molecule has 68 valence electrons. The lowest BCUT2D eigenvalue weighted by Gasteiger charge is -2.06. The molecule has 0 bridgehead atoms. The maximum absolute atomic E-state index is 13.3. The summed E-state index contributed by atoms with van der Waals surface area (Å²) in [6, 6.07) is 4.48. The molecule has 1 rings (SSSR count). The van der Waals surface area contributed by atoms with Crippen LogP contribution in [-0.2, 0) is 6.42 Å². The third-order valence-electron chi connectivity index (χ3n) is 1.63. The van der Waals surface area contributed by atoms with Crippen LogP contribution in [0.3, 0.4) is 0 Å². The summed E-state index contributed by atoms with van der Waals surface area (Å²) in [4.78, 5) is 0. The zero-order chi connectivity index (χ0) is 9.84. The molecule has 0 aromatic heterocycles. The number of phenols is 1. The van der Waals surface area contributed by atoms with Crippen LogP contribution in [0.1, 0.15) is 5.56 Å². The van der Waals surface area contributed by atoms with Crippen LogP contribution >= 0.6 is 0 Å². The summed E-state index contributed by atoms with van der Waals surface area (Å²) < 4.78 is 17.9. The van der Waals surface area contributed by atoms with Gasteiger partial charge in [-0.1, -0.05) is 6.07 Å².